The number of benzene rings is 1. The van der Waals surface area contributed by atoms with Gasteiger partial charge < -0.3 is 4.74 Å². The molecule has 0 aliphatic heterocycles. The second kappa shape index (κ2) is 11.3. The number of ether oxygens (including phenoxy) is 1. The molecule has 0 unspecified atom stereocenters. The predicted molar refractivity (Wildman–Crippen MR) is 87.0 cm³/mol. The zero-order valence-electron chi connectivity index (χ0n) is 14.5. The van der Waals surface area contributed by atoms with Crippen LogP contribution in [0, 0.1) is 0 Å². The summed E-state index contributed by atoms with van der Waals surface area (Å²) in [6.07, 6.45) is 1.78. The Morgan fingerprint density at radius 1 is 0.958 bits per heavy atom. The maximum Gasteiger partial charge on any atom is 0.419 e. The van der Waals surface area contributed by atoms with Crippen molar-refractivity contribution in [2.24, 2.45) is 0 Å². The van der Waals surface area contributed by atoms with Crippen LogP contribution in [0.3, 0.4) is 0 Å². The number of rotatable bonds is 12. The third kappa shape index (κ3) is 8.02. The minimum atomic E-state index is -4.42. The lowest BCUT2D eigenvalue weighted by Crippen LogP contribution is -2.10. The average molecular weight is 348 g/mol. The van der Waals surface area contributed by atoms with Gasteiger partial charge in [-0.15, -0.1) is 0 Å². The van der Waals surface area contributed by atoms with Crippen LogP contribution in [-0.4, -0.2) is 20.3 Å². The van der Waals surface area contributed by atoms with Gasteiger partial charge in [-0.05, 0) is 37.0 Å². The van der Waals surface area contributed by atoms with E-state index in [1.54, 1.807) is 6.07 Å². The van der Waals surface area contributed by atoms with Crippen molar-refractivity contribution in [3.8, 4) is 5.75 Å². The van der Waals surface area contributed by atoms with Gasteiger partial charge in [0, 0.05) is 0 Å². The lowest BCUT2D eigenvalue weighted by Gasteiger charge is -2.15. The Hall–Kier alpha value is -1.27. The summed E-state index contributed by atoms with van der Waals surface area (Å²) in [6.45, 7) is 2.77. The molecule has 0 fully saturated rings. The van der Waals surface area contributed by atoms with E-state index in [-0.39, 0.29) is 5.75 Å². The molecule has 0 bridgehead atoms. The quantitative estimate of drug-likeness (QED) is 0.281. The molecular formula is C18H27F3O3. The molecule has 0 radical (unpaired) electrons. The van der Waals surface area contributed by atoms with Crippen LogP contribution in [0.5, 0.6) is 5.75 Å². The number of alkyl halides is 3. The summed E-state index contributed by atoms with van der Waals surface area (Å²) in [6, 6.07) is 4.26. The first-order valence-corrected chi connectivity index (χ1v) is 8.47. The Morgan fingerprint density at radius 3 is 2.38 bits per heavy atom. The van der Waals surface area contributed by atoms with Gasteiger partial charge in [0.2, 0.25) is 0 Å². The Morgan fingerprint density at radius 2 is 1.71 bits per heavy atom. The summed E-state index contributed by atoms with van der Waals surface area (Å²) >= 11 is 0. The predicted octanol–water partition coefficient (Wildman–Crippen LogP) is 5.57. The third-order valence-corrected chi connectivity index (χ3v) is 3.67. The molecule has 0 spiro atoms. The topological polar surface area (TPSA) is 27.7 Å². The molecular weight excluding hydrogens is 321 g/mol. The lowest BCUT2D eigenvalue weighted by molar-refractivity contribution is -0.272. The lowest BCUT2D eigenvalue weighted by atomic mass is 10.1. The molecule has 0 aromatic heterocycles. The number of hydrogen-bond donors (Lipinski definition) is 0. The molecule has 0 N–H and O–H groups in total. The second-order valence-electron chi connectivity index (χ2n) is 5.68. The van der Waals surface area contributed by atoms with Crippen molar-refractivity contribution in [3.63, 3.8) is 0 Å². The first-order valence-electron chi connectivity index (χ1n) is 8.47. The Labute approximate surface area is 142 Å². The van der Waals surface area contributed by atoms with Crippen LogP contribution < -0.4 is 4.74 Å². The highest BCUT2D eigenvalue weighted by atomic mass is 19.4. The standard InChI is InChI=1S/C18H27F3O3/c1-3-4-5-6-7-12-23-17-11-10-15(9-8-13-24-22-2)14-16(17)18(19,20)21/h10-11,14H,3-9,12-13H2,1-2H3. The van der Waals surface area contributed by atoms with Crippen LogP contribution in [0.4, 0.5) is 13.2 Å². The monoisotopic (exact) mass is 348 g/mol. The number of aryl methyl sites for hydroxylation is 1. The molecule has 3 nitrogen and oxygen atoms in total. The fourth-order valence-corrected chi connectivity index (χ4v) is 2.39. The van der Waals surface area contributed by atoms with Crippen molar-refractivity contribution >= 4 is 0 Å². The minimum absolute atomic E-state index is 0.0881. The molecule has 138 valence electrons. The molecule has 0 aliphatic carbocycles. The van der Waals surface area contributed by atoms with Gasteiger partial charge in [-0.1, -0.05) is 38.7 Å². The average Bonchev–Trinajstić information content (AvgIpc) is 2.54. The fourth-order valence-electron chi connectivity index (χ4n) is 2.39. The van der Waals surface area contributed by atoms with Gasteiger partial charge >= 0.3 is 6.18 Å². The first-order chi connectivity index (χ1) is 11.5. The van der Waals surface area contributed by atoms with Gasteiger partial charge in [0.15, 0.2) is 0 Å². The summed E-state index contributed by atoms with van der Waals surface area (Å²) in [5.74, 6) is -0.0881. The summed E-state index contributed by atoms with van der Waals surface area (Å²) < 4.78 is 45.0. The molecule has 0 heterocycles. The highest BCUT2D eigenvalue weighted by Gasteiger charge is 2.34. The van der Waals surface area contributed by atoms with Gasteiger partial charge in [-0.25, -0.2) is 9.78 Å². The molecule has 0 atom stereocenters. The van der Waals surface area contributed by atoms with E-state index < -0.39 is 11.7 Å². The summed E-state index contributed by atoms with van der Waals surface area (Å²) in [5.41, 5.74) is -0.0986. The number of unbranched alkanes of at least 4 members (excludes halogenated alkanes) is 4. The van der Waals surface area contributed by atoms with Crippen molar-refractivity contribution in [3.05, 3.63) is 29.3 Å². The highest BCUT2D eigenvalue weighted by Crippen LogP contribution is 2.37. The SMILES string of the molecule is CCCCCCCOc1ccc(CCCOOC)cc1C(F)(F)F. The molecule has 1 aromatic rings. The first kappa shape index (κ1) is 20.8. The second-order valence-corrected chi connectivity index (χ2v) is 5.68. The molecule has 1 rings (SSSR count). The molecule has 6 heteroatoms. The molecule has 1 aromatic carbocycles. The van der Waals surface area contributed by atoms with Gasteiger partial charge in [-0.2, -0.15) is 13.2 Å². The maximum atomic E-state index is 13.2. The summed E-state index contributed by atoms with van der Waals surface area (Å²) in [7, 11) is 1.40. The normalized spacial score (nSPS) is 11.7. The third-order valence-electron chi connectivity index (χ3n) is 3.67. The fraction of sp³-hybridized carbons (Fsp3) is 0.667. The molecule has 0 saturated carbocycles. The molecule has 0 amide bonds. The van der Waals surface area contributed by atoms with Crippen LogP contribution in [0.25, 0.3) is 0 Å². The van der Waals surface area contributed by atoms with Gasteiger partial charge in [0.05, 0.1) is 25.9 Å². The van der Waals surface area contributed by atoms with Crippen molar-refractivity contribution in [2.45, 2.75) is 58.0 Å². The van der Waals surface area contributed by atoms with E-state index in [0.29, 0.717) is 31.6 Å². The molecule has 0 saturated heterocycles. The van der Waals surface area contributed by atoms with Crippen LogP contribution >= 0.6 is 0 Å². The van der Waals surface area contributed by atoms with Crippen molar-refractivity contribution in [2.75, 3.05) is 20.3 Å². The van der Waals surface area contributed by atoms with Crippen LogP contribution in [-0.2, 0) is 22.4 Å². The van der Waals surface area contributed by atoms with Crippen molar-refractivity contribution < 1.29 is 27.7 Å². The zero-order valence-corrected chi connectivity index (χ0v) is 14.5. The van der Waals surface area contributed by atoms with Crippen LogP contribution in [0.2, 0.25) is 0 Å². The Kier molecular flexibility index (Phi) is 9.79. The van der Waals surface area contributed by atoms with E-state index in [0.717, 1.165) is 32.1 Å². The van der Waals surface area contributed by atoms with Gasteiger partial charge in [0.25, 0.3) is 0 Å². The van der Waals surface area contributed by atoms with Gasteiger partial charge in [0.1, 0.15) is 5.75 Å². The maximum absolute atomic E-state index is 13.2. The van der Waals surface area contributed by atoms with E-state index in [1.807, 2.05) is 0 Å². The van der Waals surface area contributed by atoms with E-state index >= 15 is 0 Å². The van der Waals surface area contributed by atoms with Crippen molar-refractivity contribution in [1.29, 1.82) is 0 Å². The summed E-state index contributed by atoms with van der Waals surface area (Å²) in [4.78, 5) is 9.18. The van der Waals surface area contributed by atoms with Crippen LogP contribution in [0.15, 0.2) is 18.2 Å². The summed E-state index contributed by atoms with van der Waals surface area (Å²) in [5, 5.41) is 0. The van der Waals surface area contributed by atoms with E-state index in [4.69, 9.17) is 9.62 Å². The molecule has 0 aliphatic rings. The Balaban J connectivity index is 2.60. The number of hydrogen-bond acceptors (Lipinski definition) is 3. The van der Waals surface area contributed by atoms with E-state index in [2.05, 4.69) is 11.8 Å². The van der Waals surface area contributed by atoms with Gasteiger partial charge in [-0.3, -0.25) is 0 Å². The number of halogens is 3. The van der Waals surface area contributed by atoms with E-state index in [1.165, 1.54) is 19.2 Å². The highest BCUT2D eigenvalue weighted by molar-refractivity contribution is 5.39. The smallest absolute Gasteiger partial charge is 0.419 e. The zero-order chi connectivity index (χ0) is 17.8. The van der Waals surface area contributed by atoms with Crippen LogP contribution in [0.1, 0.15) is 56.6 Å². The minimum Gasteiger partial charge on any atom is -0.493 e. The van der Waals surface area contributed by atoms with E-state index in [9.17, 15) is 13.2 Å². The van der Waals surface area contributed by atoms with Crippen molar-refractivity contribution in [1.82, 2.24) is 0 Å². The molecule has 24 heavy (non-hydrogen) atoms. The largest absolute Gasteiger partial charge is 0.493 e. The Bertz CT molecular complexity index is 461.